The van der Waals surface area contributed by atoms with E-state index in [0.717, 1.165) is 0 Å². The molecule has 0 radical (unpaired) electrons. The Kier molecular flexibility index (Phi) is 3.43. The van der Waals surface area contributed by atoms with Crippen LogP contribution in [0, 0.1) is 6.92 Å². The molecule has 0 amide bonds. The topological polar surface area (TPSA) is 75.1 Å². The first-order valence-electron chi connectivity index (χ1n) is 5.15. The maximum Gasteiger partial charge on any atom is 0.356 e. The third-order valence-electron chi connectivity index (χ3n) is 2.22. The lowest BCUT2D eigenvalue weighted by Crippen LogP contribution is -2.06. The van der Waals surface area contributed by atoms with Gasteiger partial charge >= 0.3 is 5.97 Å². The Morgan fingerprint density at radius 3 is 2.83 bits per heavy atom. The van der Waals surface area contributed by atoms with Crippen LogP contribution in [0.4, 0.5) is 11.4 Å². The van der Waals surface area contributed by atoms with E-state index in [1.165, 1.54) is 6.20 Å². The number of pyridine rings is 2. The molecule has 18 heavy (non-hydrogen) atoms. The zero-order valence-corrected chi connectivity index (χ0v) is 10.3. The Balaban J connectivity index is 2.37. The second kappa shape index (κ2) is 5.01. The molecule has 0 aliphatic rings. The van der Waals surface area contributed by atoms with Crippen molar-refractivity contribution < 1.29 is 9.90 Å². The molecular formula is C12H10ClN3O2. The van der Waals surface area contributed by atoms with E-state index in [0.29, 0.717) is 22.1 Å². The first-order chi connectivity index (χ1) is 8.56. The van der Waals surface area contributed by atoms with Gasteiger partial charge in [0.2, 0.25) is 0 Å². The monoisotopic (exact) mass is 263 g/mol. The lowest BCUT2D eigenvalue weighted by Gasteiger charge is -2.09. The van der Waals surface area contributed by atoms with E-state index in [9.17, 15) is 4.79 Å². The molecule has 0 atom stereocenters. The summed E-state index contributed by atoms with van der Waals surface area (Å²) in [6.45, 7) is 1.73. The highest BCUT2D eigenvalue weighted by Gasteiger charge is 2.12. The average Bonchev–Trinajstić information content (AvgIpc) is 2.31. The lowest BCUT2D eigenvalue weighted by molar-refractivity contribution is 0.0691. The van der Waals surface area contributed by atoms with E-state index in [4.69, 9.17) is 16.7 Å². The maximum atomic E-state index is 11.1. The first kappa shape index (κ1) is 12.3. The molecule has 0 aliphatic heterocycles. The van der Waals surface area contributed by atoms with Crippen molar-refractivity contribution in [2.45, 2.75) is 6.92 Å². The van der Waals surface area contributed by atoms with Gasteiger partial charge < -0.3 is 10.4 Å². The van der Waals surface area contributed by atoms with Gasteiger partial charge in [0.05, 0.1) is 22.6 Å². The summed E-state index contributed by atoms with van der Waals surface area (Å²) in [5, 5.41) is 12.5. The predicted molar refractivity (Wildman–Crippen MR) is 68.5 cm³/mol. The number of halogens is 1. The number of carboxylic acids is 1. The molecule has 0 aliphatic carbocycles. The van der Waals surface area contributed by atoms with E-state index in [-0.39, 0.29) is 5.69 Å². The number of carbonyl (C=O) groups is 1. The van der Waals surface area contributed by atoms with Gasteiger partial charge in [0.25, 0.3) is 0 Å². The second-order valence-electron chi connectivity index (χ2n) is 3.67. The SMILES string of the molecule is Cc1ccc(Nc2cncc(Cl)c2)c(C(=O)O)n1. The van der Waals surface area contributed by atoms with Gasteiger partial charge in [0, 0.05) is 11.9 Å². The molecule has 5 nitrogen and oxygen atoms in total. The number of nitrogens with one attached hydrogen (secondary N) is 1. The molecule has 2 N–H and O–H groups in total. The van der Waals surface area contributed by atoms with Gasteiger partial charge in [0.1, 0.15) is 0 Å². The van der Waals surface area contributed by atoms with Crippen LogP contribution in [0.15, 0.2) is 30.6 Å². The summed E-state index contributed by atoms with van der Waals surface area (Å²) < 4.78 is 0. The smallest absolute Gasteiger partial charge is 0.356 e. The summed E-state index contributed by atoms with van der Waals surface area (Å²) in [5.41, 5.74) is 1.62. The van der Waals surface area contributed by atoms with Gasteiger partial charge in [0.15, 0.2) is 5.69 Å². The molecule has 2 rings (SSSR count). The minimum absolute atomic E-state index is 0.0324. The van der Waals surface area contributed by atoms with Gasteiger partial charge in [-0.3, -0.25) is 4.98 Å². The van der Waals surface area contributed by atoms with E-state index in [2.05, 4.69) is 15.3 Å². The Hall–Kier alpha value is -2.14. The minimum atomic E-state index is -1.09. The van der Waals surface area contributed by atoms with Crippen molar-refractivity contribution in [3.8, 4) is 0 Å². The van der Waals surface area contributed by atoms with Gasteiger partial charge in [-0.1, -0.05) is 11.6 Å². The number of carboxylic acid groups (broad SMARTS) is 1. The molecule has 0 aromatic carbocycles. The summed E-state index contributed by atoms with van der Waals surface area (Å²) >= 11 is 5.80. The van der Waals surface area contributed by atoms with Crippen LogP contribution in [0.5, 0.6) is 0 Å². The van der Waals surface area contributed by atoms with Crippen LogP contribution in [0.3, 0.4) is 0 Å². The summed E-state index contributed by atoms with van der Waals surface area (Å²) in [5.74, 6) is -1.09. The molecular weight excluding hydrogens is 254 g/mol. The number of aromatic carboxylic acids is 1. The Morgan fingerprint density at radius 1 is 1.39 bits per heavy atom. The van der Waals surface area contributed by atoms with E-state index >= 15 is 0 Å². The number of aryl methyl sites for hydroxylation is 1. The van der Waals surface area contributed by atoms with Crippen LogP contribution in [0.25, 0.3) is 0 Å². The standard InChI is InChI=1S/C12H10ClN3O2/c1-7-2-3-10(11(15-7)12(17)18)16-9-4-8(13)5-14-6-9/h2-6,16H,1H3,(H,17,18). The van der Waals surface area contributed by atoms with Gasteiger partial charge in [-0.2, -0.15) is 0 Å². The highest BCUT2D eigenvalue weighted by molar-refractivity contribution is 6.30. The zero-order valence-electron chi connectivity index (χ0n) is 9.51. The molecule has 0 spiro atoms. The highest BCUT2D eigenvalue weighted by atomic mass is 35.5. The van der Waals surface area contributed by atoms with E-state index in [1.807, 2.05) is 0 Å². The third-order valence-corrected chi connectivity index (χ3v) is 2.43. The molecule has 6 heteroatoms. The molecule has 2 aromatic heterocycles. The second-order valence-corrected chi connectivity index (χ2v) is 4.11. The largest absolute Gasteiger partial charge is 0.476 e. The van der Waals surface area contributed by atoms with Crippen molar-refractivity contribution in [3.63, 3.8) is 0 Å². The van der Waals surface area contributed by atoms with Crippen LogP contribution in [-0.4, -0.2) is 21.0 Å². The third kappa shape index (κ3) is 2.75. The van der Waals surface area contributed by atoms with Crippen LogP contribution >= 0.6 is 11.6 Å². The van der Waals surface area contributed by atoms with Crippen molar-refractivity contribution in [2.75, 3.05) is 5.32 Å². The summed E-state index contributed by atoms with van der Waals surface area (Å²) in [4.78, 5) is 19.0. The molecule has 2 aromatic rings. The highest BCUT2D eigenvalue weighted by Crippen LogP contribution is 2.21. The number of rotatable bonds is 3. The molecule has 0 saturated carbocycles. The van der Waals surface area contributed by atoms with Gasteiger partial charge in [-0.05, 0) is 25.1 Å². The number of aromatic nitrogens is 2. The van der Waals surface area contributed by atoms with Crippen LogP contribution in [-0.2, 0) is 0 Å². The fourth-order valence-corrected chi connectivity index (χ4v) is 1.63. The van der Waals surface area contributed by atoms with Crippen molar-refractivity contribution in [1.29, 1.82) is 0 Å². The number of anilines is 2. The van der Waals surface area contributed by atoms with Gasteiger partial charge in [-0.25, -0.2) is 9.78 Å². The molecule has 0 saturated heterocycles. The Morgan fingerprint density at radius 2 is 2.17 bits per heavy atom. The van der Waals surface area contributed by atoms with E-state index < -0.39 is 5.97 Å². The molecule has 0 bridgehead atoms. The number of nitrogens with zero attached hydrogens (tertiary/aromatic N) is 2. The quantitative estimate of drug-likeness (QED) is 0.891. The fourth-order valence-electron chi connectivity index (χ4n) is 1.46. The first-order valence-corrected chi connectivity index (χ1v) is 5.52. The Bertz CT molecular complexity index is 602. The molecule has 2 heterocycles. The lowest BCUT2D eigenvalue weighted by atomic mass is 10.2. The normalized spacial score (nSPS) is 10.1. The predicted octanol–water partition coefficient (Wildman–Crippen LogP) is 2.88. The molecule has 0 unspecified atom stereocenters. The van der Waals surface area contributed by atoms with Crippen molar-refractivity contribution in [3.05, 3.63) is 47.0 Å². The van der Waals surface area contributed by atoms with Crippen LogP contribution in [0.1, 0.15) is 16.2 Å². The van der Waals surface area contributed by atoms with Crippen molar-refractivity contribution >= 4 is 28.9 Å². The molecule has 92 valence electrons. The Labute approximate surface area is 108 Å². The maximum absolute atomic E-state index is 11.1. The number of hydrogen-bond acceptors (Lipinski definition) is 4. The summed E-state index contributed by atoms with van der Waals surface area (Å²) in [6.07, 6.45) is 3.05. The molecule has 0 fully saturated rings. The minimum Gasteiger partial charge on any atom is -0.476 e. The van der Waals surface area contributed by atoms with Crippen LogP contribution < -0.4 is 5.32 Å². The van der Waals surface area contributed by atoms with Crippen molar-refractivity contribution in [2.24, 2.45) is 0 Å². The summed E-state index contributed by atoms with van der Waals surface area (Å²) in [6, 6.07) is 5.04. The van der Waals surface area contributed by atoms with E-state index in [1.54, 1.807) is 31.3 Å². The average molecular weight is 264 g/mol. The fraction of sp³-hybridized carbons (Fsp3) is 0.0833. The zero-order chi connectivity index (χ0) is 13.1. The van der Waals surface area contributed by atoms with Crippen LogP contribution in [0.2, 0.25) is 5.02 Å². The summed E-state index contributed by atoms with van der Waals surface area (Å²) in [7, 11) is 0. The number of hydrogen-bond donors (Lipinski definition) is 2. The van der Waals surface area contributed by atoms with Crippen molar-refractivity contribution in [1.82, 2.24) is 9.97 Å². The van der Waals surface area contributed by atoms with Gasteiger partial charge in [-0.15, -0.1) is 0 Å².